The highest BCUT2D eigenvalue weighted by Gasteiger charge is 2.09. The Hall–Kier alpha value is -3.97. The van der Waals surface area contributed by atoms with Crippen LogP contribution in [0.2, 0.25) is 0 Å². The van der Waals surface area contributed by atoms with E-state index in [9.17, 15) is 9.59 Å². The first-order chi connectivity index (χ1) is 14.7. The van der Waals surface area contributed by atoms with Crippen LogP contribution >= 0.6 is 11.3 Å². The molecule has 7 heteroatoms. The van der Waals surface area contributed by atoms with Crippen LogP contribution in [0, 0.1) is 0 Å². The predicted octanol–water partition coefficient (Wildman–Crippen LogP) is 4.52. The number of carbonyl (C=O) groups is 2. The Bertz CT molecular complexity index is 1160. The van der Waals surface area contributed by atoms with Crippen molar-refractivity contribution < 1.29 is 14.3 Å². The minimum atomic E-state index is -0.407. The second-order valence-corrected chi connectivity index (χ2v) is 7.22. The van der Waals surface area contributed by atoms with Crippen LogP contribution in [0.4, 0.5) is 0 Å². The number of hydrazone groups is 1. The Morgan fingerprint density at radius 1 is 0.967 bits per heavy atom. The summed E-state index contributed by atoms with van der Waals surface area (Å²) >= 11 is 1.32. The molecule has 0 spiro atoms. The molecule has 4 aromatic rings. The SMILES string of the molecule is O=C(NN=Cc1cccc(OC(=O)c2cccs2)c1)c1ccc(-n2cccc2)cc1. The molecule has 0 atom stereocenters. The number of hydrogen-bond donors (Lipinski definition) is 1. The van der Waals surface area contributed by atoms with Crippen LogP contribution in [0.5, 0.6) is 5.75 Å². The first-order valence-corrected chi connectivity index (χ1v) is 9.99. The Morgan fingerprint density at radius 2 is 1.77 bits per heavy atom. The molecule has 4 rings (SSSR count). The van der Waals surface area contributed by atoms with E-state index in [0.29, 0.717) is 21.8 Å². The van der Waals surface area contributed by atoms with Crippen LogP contribution in [-0.4, -0.2) is 22.7 Å². The summed E-state index contributed by atoms with van der Waals surface area (Å²) in [4.78, 5) is 24.9. The molecule has 1 N–H and O–H groups in total. The predicted molar refractivity (Wildman–Crippen MR) is 117 cm³/mol. The Labute approximate surface area is 177 Å². The monoisotopic (exact) mass is 415 g/mol. The van der Waals surface area contributed by atoms with Crippen LogP contribution in [-0.2, 0) is 0 Å². The summed E-state index contributed by atoms with van der Waals surface area (Å²) in [5.74, 6) is -0.314. The molecule has 148 valence electrons. The number of hydrogen-bond acceptors (Lipinski definition) is 5. The van der Waals surface area contributed by atoms with Gasteiger partial charge in [0, 0.05) is 23.6 Å². The van der Waals surface area contributed by atoms with Gasteiger partial charge in [-0.3, -0.25) is 4.79 Å². The lowest BCUT2D eigenvalue weighted by Gasteiger charge is -2.05. The minimum absolute atomic E-state index is 0.314. The molecule has 0 unspecified atom stereocenters. The van der Waals surface area contributed by atoms with Gasteiger partial charge in [0.05, 0.1) is 6.21 Å². The molecular weight excluding hydrogens is 398 g/mol. The van der Waals surface area contributed by atoms with E-state index in [-0.39, 0.29) is 5.91 Å². The van der Waals surface area contributed by atoms with Gasteiger partial charge in [0.15, 0.2) is 0 Å². The number of aromatic nitrogens is 1. The topological polar surface area (TPSA) is 72.7 Å². The molecule has 0 aliphatic rings. The number of nitrogens with zero attached hydrogens (tertiary/aromatic N) is 2. The number of benzene rings is 2. The first kappa shape index (κ1) is 19.4. The van der Waals surface area contributed by atoms with E-state index in [0.717, 1.165) is 5.69 Å². The van der Waals surface area contributed by atoms with Gasteiger partial charge in [0.1, 0.15) is 10.6 Å². The van der Waals surface area contributed by atoms with Gasteiger partial charge in [0.25, 0.3) is 5.91 Å². The highest BCUT2D eigenvalue weighted by atomic mass is 32.1. The molecule has 2 heterocycles. The van der Waals surface area contributed by atoms with Crippen LogP contribution in [0.15, 0.2) is 95.7 Å². The van der Waals surface area contributed by atoms with Gasteiger partial charge in [-0.1, -0.05) is 18.2 Å². The normalized spacial score (nSPS) is 10.8. The highest BCUT2D eigenvalue weighted by molar-refractivity contribution is 7.12. The van der Waals surface area contributed by atoms with Gasteiger partial charge in [-0.2, -0.15) is 5.10 Å². The van der Waals surface area contributed by atoms with E-state index in [2.05, 4.69) is 10.5 Å². The van der Waals surface area contributed by atoms with Crippen molar-refractivity contribution in [2.75, 3.05) is 0 Å². The molecular formula is C23H17N3O3S. The average Bonchev–Trinajstić information content (AvgIpc) is 3.48. The third-order valence-corrected chi connectivity index (χ3v) is 5.05. The van der Waals surface area contributed by atoms with Crippen molar-refractivity contribution in [1.82, 2.24) is 9.99 Å². The van der Waals surface area contributed by atoms with Gasteiger partial charge in [-0.25, -0.2) is 10.2 Å². The van der Waals surface area contributed by atoms with Crippen LogP contribution in [0.3, 0.4) is 0 Å². The molecule has 0 radical (unpaired) electrons. The lowest BCUT2D eigenvalue weighted by molar-refractivity contribution is 0.0739. The number of ether oxygens (including phenoxy) is 1. The van der Waals surface area contributed by atoms with Gasteiger partial charge in [0.2, 0.25) is 0 Å². The third-order valence-electron chi connectivity index (χ3n) is 4.20. The number of esters is 1. The maximum absolute atomic E-state index is 12.3. The fraction of sp³-hybridized carbons (Fsp3) is 0. The van der Waals surface area contributed by atoms with Crippen molar-refractivity contribution in [2.24, 2.45) is 5.10 Å². The number of carbonyl (C=O) groups excluding carboxylic acids is 2. The molecule has 1 amide bonds. The van der Waals surface area contributed by atoms with Gasteiger partial charge in [-0.15, -0.1) is 11.3 Å². The summed E-state index contributed by atoms with van der Waals surface area (Å²) in [5.41, 5.74) is 4.66. The highest BCUT2D eigenvalue weighted by Crippen LogP contribution is 2.16. The summed E-state index contributed by atoms with van der Waals surface area (Å²) in [6.07, 6.45) is 5.37. The van der Waals surface area contributed by atoms with E-state index in [1.165, 1.54) is 17.6 Å². The first-order valence-electron chi connectivity index (χ1n) is 9.11. The lowest BCUT2D eigenvalue weighted by atomic mass is 10.2. The van der Waals surface area contributed by atoms with E-state index >= 15 is 0 Å². The molecule has 0 fully saturated rings. The average molecular weight is 415 g/mol. The summed E-state index contributed by atoms with van der Waals surface area (Å²) in [5, 5.41) is 5.81. The van der Waals surface area contributed by atoms with E-state index in [4.69, 9.17) is 4.74 Å². The summed E-state index contributed by atoms with van der Waals surface area (Å²) < 4.78 is 7.31. The molecule has 0 saturated heterocycles. The minimum Gasteiger partial charge on any atom is -0.422 e. The summed E-state index contributed by atoms with van der Waals surface area (Å²) in [6.45, 7) is 0. The second kappa shape index (κ2) is 9.02. The molecule has 0 saturated carbocycles. The third kappa shape index (κ3) is 4.71. The fourth-order valence-corrected chi connectivity index (χ4v) is 3.33. The van der Waals surface area contributed by atoms with Crippen molar-refractivity contribution in [1.29, 1.82) is 0 Å². The van der Waals surface area contributed by atoms with Crippen molar-refractivity contribution >= 4 is 29.4 Å². The van der Waals surface area contributed by atoms with Crippen LogP contribution in [0.25, 0.3) is 5.69 Å². The number of thiophene rings is 1. The van der Waals surface area contributed by atoms with Crippen molar-refractivity contribution in [2.45, 2.75) is 0 Å². The van der Waals surface area contributed by atoms with Crippen molar-refractivity contribution in [3.63, 3.8) is 0 Å². The van der Waals surface area contributed by atoms with Crippen molar-refractivity contribution in [3.05, 3.63) is 107 Å². The van der Waals surface area contributed by atoms with E-state index in [1.54, 1.807) is 48.5 Å². The lowest BCUT2D eigenvalue weighted by Crippen LogP contribution is -2.17. The van der Waals surface area contributed by atoms with Crippen LogP contribution < -0.4 is 10.2 Å². The molecule has 2 aromatic carbocycles. The summed E-state index contributed by atoms with van der Waals surface area (Å²) in [6, 6.07) is 21.5. The number of nitrogens with one attached hydrogen (secondary N) is 1. The quantitative estimate of drug-likeness (QED) is 0.218. The Kier molecular flexibility index (Phi) is 5.82. The maximum atomic E-state index is 12.3. The Morgan fingerprint density at radius 3 is 2.50 bits per heavy atom. The molecule has 2 aromatic heterocycles. The van der Waals surface area contributed by atoms with Gasteiger partial charge < -0.3 is 9.30 Å². The zero-order chi connectivity index (χ0) is 20.8. The zero-order valence-corrected chi connectivity index (χ0v) is 16.6. The second-order valence-electron chi connectivity index (χ2n) is 6.28. The van der Waals surface area contributed by atoms with Gasteiger partial charge >= 0.3 is 5.97 Å². The standard InChI is InChI=1S/C23H17N3O3S/c27-22(18-8-10-19(11-9-18)26-12-1-2-13-26)25-24-16-17-5-3-6-20(15-17)29-23(28)21-7-4-14-30-21/h1-16H,(H,25,27). The summed E-state index contributed by atoms with van der Waals surface area (Å²) in [7, 11) is 0. The molecule has 6 nitrogen and oxygen atoms in total. The maximum Gasteiger partial charge on any atom is 0.353 e. The van der Waals surface area contributed by atoms with Crippen LogP contribution in [0.1, 0.15) is 25.6 Å². The molecule has 0 aliphatic carbocycles. The smallest absolute Gasteiger partial charge is 0.353 e. The van der Waals surface area contributed by atoms with Crippen molar-refractivity contribution in [3.8, 4) is 11.4 Å². The van der Waals surface area contributed by atoms with Gasteiger partial charge in [-0.05, 0) is 65.5 Å². The number of rotatable bonds is 6. The molecule has 30 heavy (non-hydrogen) atoms. The largest absolute Gasteiger partial charge is 0.422 e. The Balaban J connectivity index is 1.36. The van der Waals surface area contributed by atoms with E-state index in [1.807, 2.05) is 46.6 Å². The number of amides is 1. The zero-order valence-electron chi connectivity index (χ0n) is 15.8. The molecule has 0 aliphatic heterocycles. The molecule has 0 bridgehead atoms. The van der Waals surface area contributed by atoms with E-state index < -0.39 is 5.97 Å². The fourth-order valence-electron chi connectivity index (χ4n) is 2.73.